The summed E-state index contributed by atoms with van der Waals surface area (Å²) in [7, 11) is 0. The molecule has 0 radical (unpaired) electrons. The first kappa shape index (κ1) is 12.8. The molecule has 2 aromatic rings. The van der Waals surface area contributed by atoms with E-state index >= 15 is 0 Å². The van der Waals surface area contributed by atoms with Gasteiger partial charge in [-0.05, 0) is 17.7 Å². The molecule has 5 nitrogen and oxygen atoms in total. The van der Waals surface area contributed by atoms with Gasteiger partial charge in [0.05, 0.1) is 12.4 Å². The molecule has 0 spiro atoms. The second-order valence-corrected chi connectivity index (χ2v) is 4.65. The zero-order valence-electron chi connectivity index (χ0n) is 9.02. The molecule has 1 heterocycles. The van der Waals surface area contributed by atoms with Crippen molar-refractivity contribution in [2.75, 3.05) is 5.43 Å². The summed E-state index contributed by atoms with van der Waals surface area (Å²) >= 11 is 9.13. The van der Waals surface area contributed by atoms with E-state index in [-0.39, 0.29) is 5.02 Å². The largest absolute Gasteiger partial charge is 0.285 e. The fourth-order valence-electron chi connectivity index (χ4n) is 1.22. The minimum absolute atomic E-state index is 0.0244. The lowest BCUT2D eigenvalue weighted by molar-refractivity contribution is 0.987. The summed E-state index contributed by atoms with van der Waals surface area (Å²) in [5, 5.41) is 9.85. The third-order valence-corrected chi connectivity index (χ3v) is 2.91. The SMILES string of the molecule is O=c1[nH]ncc(NN=Cc2cccc(Br)c2)c1Cl. The van der Waals surface area contributed by atoms with E-state index in [1.165, 1.54) is 6.20 Å². The summed E-state index contributed by atoms with van der Waals surface area (Å²) in [5.41, 5.74) is 3.46. The molecule has 0 aliphatic rings. The Balaban J connectivity index is 2.12. The van der Waals surface area contributed by atoms with Crippen LogP contribution in [0.25, 0.3) is 0 Å². The number of halogens is 2. The van der Waals surface area contributed by atoms with Crippen molar-refractivity contribution in [2.45, 2.75) is 0 Å². The molecule has 0 fully saturated rings. The summed E-state index contributed by atoms with van der Waals surface area (Å²) in [6, 6.07) is 7.62. The van der Waals surface area contributed by atoms with Gasteiger partial charge in [-0.25, -0.2) is 5.10 Å². The molecule has 0 aliphatic heterocycles. The lowest BCUT2D eigenvalue weighted by Gasteiger charge is -2.00. The van der Waals surface area contributed by atoms with E-state index in [1.807, 2.05) is 24.3 Å². The Morgan fingerprint density at radius 2 is 2.33 bits per heavy atom. The molecule has 1 aromatic carbocycles. The van der Waals surface area contributed by atoms with Crippen molar-refractivity contribution in [1.29, 1.82) is 0 Å². The highest BCUT2D eigenvalue weighted by Crippen LogP contribution is 2.14. The predicted molar refractivity (Wildman–Crippen MR) is 75.2 cm³/mol. The summed E-state index contributed by atoms with van der Waals surface area (Å²) in [4.78, 5) is 11.2. The first-order valence-electron chi connectivity index (χ1n) is 4.94. The van der Waals surface area contributed by atoms with Gasteiger partial charge in [-0.2, -0.15) is 10.2 Å². The van der Waals surface area contributed by atoms with Crippen LogP contribution < -0.4 is 11.0 Å². The smallest absolute Gasteiger partial charge is 0.275 e. The summed E-state index contributed by atoms with van der Waals surface area (Å²) < 4.78 is 0.960. The Kier molecular flexibility index (Phi) is 4.11. The maximum Gasteiger partial charge on any atom is 0.285 e. The summed E-state index contributed by atoms with van der Waals surface area (Å²) in [5.74, 6) is 0. The molecule has 0 saturated carbocycles. The van der Waals surface area contributed by atoms with Crippen LogP contribution in [0.2, 0.25) is 5.02 Å². The van der Waals surface area contributed by atoms with E-state index in [0.717, 1.165) is 10.0 Å². The van der Waals surface area contributed by atoms with Gasteiger partial charge in [-0.1, -0.05) is 39.7 Å². The molecule has 0 saturated heterocycles. The number of aromatic amines is 1. The fraction of sp³-hybridized carbons (Fsp3) is 0. The first-order valence-corrected chi connectivity index (χ1v) is 6.12. The standard InChI is InChI=1S/C11H8BrClN4O/c12-8-3-1-2-7(4-8)5-14-16-9-6-15-17-11(18)10(9)13/h1-6H,(H2,16,17,18). The topological polar surface area (TPSA) is 70.1 Å². The normalized spacial score (nSPS) is 10.8. The van der Waals surface area contributed by atoms with Crippen LogP contribution >= 0.6 is 27.5 Å². The summed E-state index contributed by atoms with van der Waals surface area (Å²) in [6.45, 7) is 0. The van der Waals surface area contributed by atoms with Gasteiger partial charge >= 0.3 is 0 Å². The monoisotopic (exact) mass is 326 g/mol. The van der Waals surface area contributed by atoms with Crippen molar-refractivity contribution in [1.82, 2.24) is 10.2 Å². The Bertz CT molecular complexity index is 641. The molecule has 92 valence electrons. The van der Waals surface area contributed by atoms with E-state index in [2.05, 4.69) is 36.7 Å². The molecule has 7 heteroatoms. The van der Waals surface area contributed by atoms with E-state index in [1.54, 1.807) is 6.21 Å². The van der Waals surface area contributed by atoms with E-state index in [0.29, 0.717) is 5.69 Å². The molecule has 2 rings (SSSR count). The second-order valence-electron chi connectivity index (χ2n) is 3.35. The molecule has 0 amide bonds. The number of benzene rings is 1. The fourth-order valence-corrected chi connectivity index (χ4v) is 1.77. The number of aromatic nitrogens is 2. The molecule has 0 unspecified atom stereocenters. The number of anilines is 1. The molecule has 2 N–H and O–H groups in total. The number of nitrogens with one attached hydrogen (secondary N) is 2. The third kappa shape index (κ3) is 3.18. The van der Waals surface area contributed by atoms with Gasteiger partial charge in [0.1, 0.15) is 10.7 Å². The van der Waals surface area contributed by atoms with Crippen molar-refractivity contribution in [3.05, 3.63) is 55.9 Å². The van der Waals surface area contributed by atoms with Gasteiger partial charge in [-0.3, -0.25) is 10.2 Å². The lowest BCUT2D eigenvalue weighted by Crippen LogP contribution is -2.10. The van der Waals surface area contributed by atoms with E-state index in [4.69, 9.17) is 11.6 Å². The Labute approximate surface area is 116 Å². The van der Waals surface area contributed by atoms with Crippen LogP contribution in [0.5, 0.6) is 0 Å². The Morgan fingerprint density at radius 3 is 3.11 bits per heavy atom. The van der Waals surface area contributed by atoms with Gasteiger partial charge in [0.25, 0.3) is 5.56 Å². The van der Waals surface area contributed by atoms with Crippen molar-refractivity contribution in [2.24, 2.45) is 5.10 Å². The zero-order valence-corrected chi connectivity index (χ0v) is 11.4. The number of H-pyrrole nitrogens is 1. The van der Waals surface area contributed by atoms with E-state index in [9.17, 15) is 4.79 Å². The average molecular weight is 328 g/mol. The number of hydrazone groups is 1. The molecule has 0 aliphatic carbocycles. The zero-order chi connectivity index (χ0) is 13.0. The van der Waals surface area contributed by atoms with Gasteiger partial charge < -0.3 is 0 Å². The first-order chi connectivity index (χ1) is 8.66. The number of nitrogens with zero attached hydrogens (tertiary/aromatic N) is 2. The average Bonchev–Trinajstić information content (AvgIpc) is 2.35. The van der Waals surface area contributed by atoms with Crippen LogP contribution in [0.3, 0.4) is 0 Å². The molecular weight excluding hydrogens is 320 g/mol. The lowest BCUT2D eigenvalue weighted by atomic mass is 10.2. The Hall–Kier alpha value is -1.66. The summed E-state index contributed by atoms with van der Waals surface area (Å²) in [6.07, 6.45) is 3.00. The molecule has 18 heavy (non-hydrogen) atoms. The number of hydrogen-bond acceptors (Lipinski definition) is 4. The van der Waals surface area contributed by atoms with Gasteiger partial charge in [0, 0.05) is 4.47 Å². The minimum atomic E-state index is -0.459. The molecule has 0 atom stereocenters. The maximum absolute atomic E-state index is 11.2. The quantitative estimate of drug-likeness (QED) is 0.672. The molecule has 1 aromatic heterocycles. The van der Waals surface area contributed by atoms with Crippen LogP contribution in [0.15, 0.2) is 44.8 Å². The van der Waals surface area contributed by atoms with Crippen LogP contribution in [-0.2, 0) is 0 Å². The molecular formula is C11H8BrClN4O. The van der Waals surface area contributed by atoms with Crippen LogP contribution in [0.1, 0.15) is 5.56 Å². The molecule has 0 bridgehead atoms. The van der Waals surface area contributed by atoms with Crippen molar-refractivity contribution < 1.29 is 0 Å². The van der Waals surface area contributed by atoms with Gasteiger partial charge in [-0.15, -0.1) is 0 Å². The van der Waals surface area contributed by atoms with Crippen molar-refractivity contribution >= 4 is 39.4 Å². The van der Waals surface area contributed by atoms with Crippen LogP contribution in [-0.4, -0.2) is 16.4 Å². The minimum Gasteiger partial charge on any atom is -0.275 e. The third-order valence-electron chi connectivity index (χ3n) is 2.04. The predicted octanol–water partition coefficient (Wildman–Crippen LogP) is 2.63. The Morgan fingerprint density at radius 1 is 1.50 bits per heavy atom. The van der Waals surface area contributed by atoms with Gasteiger partial charge in [0.2, 0.25) is 0 Å². The van der Waals surface area contributed by atoms with Crippen LogP contribution in [0.4, 0.5) is 5.69 Å². The van der Waals surface area contributed by atoms with E-state index < -0.39 is 5.56 Å². The maximum atomic E-state index is 11.2. The highest BCUT2D eigenvalue weighted by molar-refractivity contribution is 9.10. The van der Waals surface area contributed by atoms with Crippen LogP contribution in [0, 0.1) is 0 Å². The second kappa shape index (κ2) is 5.79. The van der Waals surface area contributed by atoms with Gasteiger partial charge in [0.15, 0.2) is 0 Å². The van der Waals surface area contributed by atoms with Crippen molar-refractivity contribution in [3.8, 4) is 0 Å². The highest BCUT2D eigenvalue weighted by Gasteiger charge is 2.02. The number of hydrogen-bond donors (Lipinski definition) is 2. The van der Waals surface area contributed by atoms with Crippen molar-refractivity contribution in [3.63, 3.8) is 0 Å². The highest BCUT2D eigenvalue weighted by atomic mass is 79.9. The number of rotatable bonds is 3.